The number of H-pyrrole nitrogens is 2. The first-order chi connectivity index (χ1) is 11.5. The SMILES string of the molecule is O=c1[nH]c2ccc(S(=O)(=O)NCC3CCn4ccnc4C3)cc2[nH]1. The summed E-state index contributed by atoms with van der Waals surface area (Å²) in [6.45, 7) is 1.23. The highest BCUT2D eigenvalue weighted by atomic mass is 32.2. The van der Waals surface area contributed by atoms with Gasteiger partial charge in [-0.05, 0) is 30.5 Å². The van der Waals surface area contributed by atoms with Gasteiger partial charge in [0.15, 0.2) is 0 Å². The van der Waals surface area contributed by atoms with Crippen LogP contribution in [0.15, 0.2) is 40.3 Å². The molecule has 0 fully saturated rings. The molecule has 9 heteroatoms. The van der Waals surface area contributed by atoms with Crippen LogP contribution in [0.4, 0.5) is 0 Å². The zero-order valence-electron chi connectivity index (χ0n) is 12.8. The minimum absolute atomic E-state index is 0.141. The normalized spacial score (nSPS) is 17.9. The van der Waals surface area contributed by atoms with Gasteiger partial charge in [0.2, 0.25) is 10.0 Å². The van der Waals surface area contributed by atoms with Gasteiger partial charge in [-0.1, -0.05) is 0 Å². The molecule has 1 aliphatic heterocycles. The summed E-state index contributed by atoms with van der Waals surface area (Å²) in [6, 6.07) is 4.53. The number of nitrogens with one attached hydrogen (secondary N) is 3. The number of aromatic nitrogens is 4. The Balaban J connectivity index is 1.49. The zero-order chi connectivity index (χ0) is 16.7. The Morgan fingerprint density at radius 3 is 3.00 bits per heavy atom. The van der Waals surface area contributed by atoms with Crippen molar-refractivity contribution in [1.82, 2.24) is 24.2 Å². The van der Waals surface area contributed by atoms with Crippen LogP contribution >= 0.6 is 0 Å². The largest absolute Gasteiger partial charge is 0.335 e. The molecule has 0 bridgehead atoms. The highest BCUT2D eigenvalue weighted by Crippen LogP contribution is 2.20. The predicted molar refractivity (Wildman–Crippen MR) is 88.1 cm³/mol. The maximum atomic E-state index is 12.5. The number of imidazole rings is 2. The van der Waals surface area contributed by atoms with E-state index >= 15 is 0 Å². The van der Waals surface area contributed by atoms with Crippen LogP contribution in [0, 0.1) is 5.92 Å². The van der Waals surface area contributed by atoms with E-state index in [-0.39, 0.29) is 16.5 Å². The molecule has 1 unspecified atom stereocenters. The number of aromatic amines is 2. The predicted octanol–water partition coefficient (Wildman–Crippen LogP) is 0.594. The van der Waals surface area contributed by atoms with E-state index in [0.29, 0.717) is 17.6 Å². The van der Waals surface area contributed by atoms with Crippen molar-refractivity contribution in [3.05, 3.63) is 46.9 Å². The number of aryl methyl sites for hydroxylation is 1. The minimum atomic E-state index is -3.62. The summed E-state index contributed by atoms with van der Waals surface area (Å²) in [5.74, 6) is 1.22. The minimum Gasteiger partial charge on any atom is -0.335 e. The molecule has 3 aromatic rings. The van der Waals surface area contributed by atoms with Crippen molar-refractivity contribution < 1.29 is 8.42 Å². The second-order valence-corrected chi connectivity index (χ2v) is 7.80. The Morgan fingerprint density at radius 1 is 1.29 bits per heavy atom. The van der Waals surface area contributed by atoms with Gasteiger partial charge in [0.05, 0.1) is 15.9 Å². The highest BCUT2D eigenvalue weighted by Gasteiger charge is 2.22. The van der Waals surface area contributed by atoms with Crippen molar-refractivity contribution in [2.24, 2.45) is 5.92 Å². The molecule has 0 saturated heterocycles. The Morgan fingerprint density at radius 2 is 2.12 bits per heavy atom. The molecule has 1 aromatic carbocycles. The second kappa shape index (κ2) is 5.60. The Bertz CT molecular complexity index is 1050. The summed E-state index contributed by atoms with van der Waals surface area (Å²) < 4.78 is 29.7. The van der Waals surface area contributed by atoms with Crippen molar-refractivity contribution in [3.8, 4) is 0 Å². The lowest BCUT2D eigenvalue weighted by Crippen LogP contribution is -2.33. The summed E-state index contributed by atoms with van der Waals surface area (Å²) in [5.41, 5.74) is 0.700. The molecule has 3 N–H and O–H groups in total. The van der Waals surface area contributed by atoms with Gasteiger partial charge in [0.25, 0.3) is 0 Å². The Hall–Kier alpha value is -2.39. The molecular weight excluding hydrogens is 330 g/mol. The fourth-order valence-corrected chi connectivity index (χ4v) is 4.22. The third-order valence-corrected chi connectivity index (χ3v) is 5.83. The summed E-state index contributed by atoms with van der Waals surface area (Å²) in [5, 5.41) is 0. The lowest BCUT2D eigenvalue weighted by molar-refractivity contribution is 0.379. The first-order valence-electron chi connectivity index (χ1n) is 7.73. The number of nitrogens with zero attached hydrogens (tertiary/aromatic N) is 2. The molecular formula is C15H17N5O3S. The zero-order valence-corrected chi connectivity index (χ0v) is 13.6. The molecule has 24 heavy (non-hydrogen) atoms. The third-order valence-electron chi connectivity index (χ3n) is 4.41. The topological polar surface area (TPSA) is 113 Å². The maximum absolute atomic E-state index is 12.5. The molecule has 126 valence electrons. The van der Waals surface area contributed by atoms with Crippen LogP contribution < -0.4 is 10.4 Å². The molecule has 1 atom stereocenters. The van der Waals surface area contributed by atoms with Crippen molar-refractivity contribution >= 4 is 21.1 Å². The van der Waals surface area contributed by atoms with E-state index in [1.165, 1.54) is 12.1 Å². The maximum Gasteiger partial charge on any atom is 0.323 e. The van der Waals surface area contributed by atoms with Crippen LogP contribution in [0.2, 0.25) is 0 Å². The van der Waals surface area contributed by atoms with Crippen LogP contribution in [0.25, 0.3) is 11.0 Å². The molecule has 0 saturated carbocycles. The van der Waals surface area contributed by atoms with E-state index in [9.17, 15) is 13.2 Å². The molecule has 0 amide bonds. The average molecular weight is 347 g/mol. The molecule has 3 heterocycles. The number of hydrogen-bond acceptors (Lipinski definition) is 4. The van der Waals surface area contributed by atoms with Gasteiger partial charge in [0.1, 0.15) is 5.82 Å². The van der Waals surface area contributed by atoms with Gasteiger partial charge in [-0.2, -0.15) is 0 Å². The van der Waals surface area contributed by atoms with Crippen LogP contribution in [0.5, 0.6) is 0 Å². The number of rotatable bonds is 4. The molecule has 0 spiro atoms. The van der Waals surface area contributed by atoms with Crippen molar-refractivity contribution in [1.29, 1.82) is 0 Å². The first-order valence-corrected chi connectivity index (χ1v) is 9.21. The second-order valence-electron chi connectivity index (χ2n) is 6.03. The fraction of sp³-hybridized carbons (Fsp3) is 0.333. The van der Waals surface area contributed by atoms with Crippen LogP contribution in [-0.2, 0) is 23.0 Å². The quantitative estimate of drug-likeness (QED) is 0.641. The van der Waals surface area contributed by atoms with Crippen molar-refractivity contribution in [3.63, 3.8) is 0 Å². The number of hydrogen-bond donors (Lipinski definition) is 3. The molecule has 0 aliphatic carbocycles. The molecule has 4 rings (SSSR count). The van der Waals surface area contributed by atoms with Crippen molar-refractivity contribution in [2.75, 3.05) is 6.54 Å². The molecule has 0 radical (unpaired) electrons. The Labute approximate surface area is 138 Å². The summed E-state index contributed by atoms with van der Waals surface area (Å²) >= 11 is 0. The van der Waals surface area contributed by atoms with E-state index < -0.39 is 10.0 Å². The van der Waals surface area contributed by atoms with E-state index in [1.54, 1.807) is 12.3 Å². The Kier molecular flexibility index (Phi) is 3.54. The highest BCUT2D eigenvalue weighted by molar-refractivity contribution is 7.89. The number of sulfonamides is 1. The van der Waals surface area contributed by atoms with Crippen molar-refractivity contribution in [2.45, 2.75) is 24.3 Å². The average Bonchev–Trinajstić information content (AvgIpc) is 3.16. The summed E-state index contributed by atoms with van der Waals surface area (Å²) in [7, 11) is -3.62. The first kappa shape index (κ1) is 15.2. The van der Waals surface area contributed by atoms with E-state index in [4.69, 9.17) is 0 Å². The molecule has 1 aliphatic rings. The van der Waals surface area contributed by atoms with Crippen LogP contribution in [0.1, 0.15) is 12.2 Å². The van der Waals surface area contributed by atoms with Gasteiger partial charge in [0, 0.05) is 31.9 Å². The van der Waals surface area contributed by atoms with Gasteiger partial charge in [-0.25, -0.2) is 22.9 Å². The van der Waals surface area contributed by atoms with Gasteiger partial charge in [-0.15, -0.1) is 0 Å². The van der Waals surface area contributed by atoms with E-state index in [1.807, 2.05) is 6.20 Å². The number of fused-ring (bicyclic) bond motifs is 2. The van der Waals surface area contributed by atoms with E-state index in [0.717, 1.165) is 25.2 Å². The van der Waals surface area contributed by atoms with Gasteiger partial charge < -0.3 is 14.5 Å². The number of benzene rings is 1. The molecule has 2 aromatic heterocycles. The van der Waals surface area contributed by atoms with Gasteiger partial charge >= 0.3 is 5.69 Å². The monoisotopic (exact) mass is 347 g/mol. The van der Waals surface area contributed by atoms with Crippen LogP contribution in [0.3, 0.4) is 0 Å². The summed E-state index contributed by atoms with van der Waals surface area (Å²) in [4.78, 5) is 20.9. The fourth-order valence-electron chi connectivity index (χ4n) is 3.08. The third kappa shape index (κ3) is 2.76. The van der Waals surface area contributed by atoms with Gasteiger partial charge in [-0.3, -0.25) is 0 Å². The summed E-state index contributed by atoms with van der Waals surface area (Å²) in [6.07, 6.45) is 5.40. The van der Waals surface area contributed by atoms with E-state index in [2.05, 4.69) is 24.2 Å². The lowest BCUT2D eigenvalue weighted by atomic mass is 9.98. The molecule has 8 nitrogen and oxygen atoms in total. The van der Waals surface area contributed by atoms with Crippen LogP contribution in [-0.4, -0.2) is 34.5 Å². The smallest absolute Gasteiger partial charge is 0.323 e. The lowest BCUT2D eigenvalue weighted by Gasteiger charge is -2.23. The standard InChI is InChI=1S/C15H17N5O3S/c21-15-18-12-2-1-11(8-13(12)19-15)24(22,23)17-9-10-3-5-20-6-4-16-14(20)7-10/h1-2,4,6,8,10,17H,3,5,7,9H2,(H2,18,19,21).